The van der Waals surface area contributed by atoms with Gasteiger partial charge in [-0.3, -0.25) is 9.78 Å². The zero-order valence-corrected chi connectivity index (χ0v) is 15.9. The van der Waals surface area contributed by atoms with Gasteiger partial charge < -0.3 is 15.0 Å². The van der Waals surface area contributed by atoms with Crippen molar-refractivity contribution in [1.29, 1.82) is 0 Å². The summed E-state index contributed by atoms with van der Waals surface area (Å²) in [5.74, 6) is 0.464. The molecule has 2 aromatic rings. The number of nitrogens with zero attached hydrogens (tertiary/aromatic N) is 4. The first-order valence-corrected chi connectivity index (χ1v) is 9.31. The molecule has 3 rings (SSSR count). The fourth-order valence-corrected chi connectivity index (χ4v) is 2.97. The van der Waals surface area contributed by atoms with Crippen LogP contribution < -0.4 is 15.0 Å². The normalized spacial score (nSPS) is 15.2. The number of carbonyl (C=O) groups excluding carboxylic acids is 1. The van der Waals surface area contributed by atoms with Crippen molar-refractivity contribution in [3.8, 4) is 5.75 Å². The maximum atomic E-state index is 12.3. The summed E-state index contributed by atoms with van der Waals surface area (Å²) >= 11 is 0. The van der Waals surface area contributed by atoms with Crippen LogP contribution in [0.1, 0.15) is 37.1 Å². The Kier molecular flexibility index (Phi) is 6.50. The van der Waals surface area contributed by atoms with Gasteiger partial charge in [-0.05, 0) is 37.5 Å². The summed E-state index contributed by atoms with van der Waals surface area (Å²) in [6, 6.07) is 2.50. The second-order valence-corrected chi connectivity index (χ2v) is 6.87. The molecule has 156 valence electrons. The molecule has 0 radical (unpaired) electrons. The SMILES string of the molecule is CC(NC(=O)Cc1cnc(N2CCCC2)nc1)c1ccc(OCC(F)(F)F)cn1. The molecular formula is C19H22F3N5O2. The van der Waals surface area contributed by atoms with Gasteiger partial charge in [-0.2, -0.15) is 13.2 Å². The van der Waals surface area contributed by atoms with E-state index in [4.69, 9.17) is 0 Å². The zero-order chi connectivity index (χ0) is 20.9. The third kappa shape index (κ3) is 6.30. The third-order valence-corrected chi connectivity index (χ3v) is 4.43. The van der Waals surface area contributed by atoms with Gasteiger partial charge in [0, 0.05) is 25.5 Å². The monoisotopic (exact) mass is 409 g/mol. The first-order chi connectivity index (χ1) is 13.8. The van der Waals surface area contributed by atoms with Gasteiger partial charge in [-0.15, -0.1) is 0 Å². The van der Waals surface area contributed by atoms with Crippen molar-refractivity contribution in [3.05, 3.63) is 42.0 Å². The number of pyridine rings is 1. The van der Waals surface area contributed by atoms with Crippen LogP contribution in [0.15, 0.2) is 30.7 Å². The molecule has 1 aliphatic heterocycles. The van der Waals surface area contributed by atoms with E-state index in [0.29, 0.717) is 17.2 Å². The second kappa shape index (κ2) is 9.06. The topological polar surface area (TPSA) is 80.2 Å². The summed E-state index contributed by atoms with van der Waals surface area (Å²) in [5, 5.41) is 2.80. The fraction of sp³-hybridized carbons (Fsp3) is 0.474. The van der Waals surface area contributed by atoms with Crippen LogP contribution in [0.5, 0.6) is 5.75 Å². The van der Waals surface area contributed by atoms with Crippen LogP contribution in [-0.2, 0) is 11.2 Å². The minimum absolute atomic E-state index is 0.0137. The largest absolute Gasteiger partial charge is 0.483 e. The standard InChI is InChI=1S/C19H22F3N5O2/c1-13(16-5-4-15(11-23-16)29-12-19(20,21)22)26-17(28)8-14-9-24-18(25-10-14)27-6-2-3-7-27/h4-5,9-11,13H,2-3,6-8,12H2,1H3,(H,26,28). The number of ether oxygens (including phenoxy) is 1. The molecule has 29 heavy (non-hydrogen) atoms. The Bertz CT molecular complexity index is 806. The van der Waals surface area contributed by atoms with Crippen molar-refractivity contribution in [2.24, 2.45) is 0 Å². The van der Waals surface area contributed by atoms with E-state index in [0.717, 1.165) is 25.9 Å². The molecule has 0 bridgehead atoms. The van der Waals surface area contributed by atoms with Crippen LogP contribution in [0.25, 0.3) is 0 Å². The number of hydrogen-bond acceptors (Lipinski definition) is 6. The molecule has 1 aliphatic rings. The van der Waals surface area contributed by atoms with Crippen molar-refractivity contribution in [2.75, 3.05) is 24.6 Å². The Balaban J connectivity index is 1.49. The summed E-state index contributed by atoms with van der Waals surface area (Å²) in [6.07, 6.45) is 2.48. The van der Waals surface area contributed by atoms with Crippen LogP contribution >= 0.6 is 0 Å². The van der Waals surface area contributed by atoms with Crippen LogP contribution in [0.2, 0.25) is 0 Å². The van der Waals surface area contributed by atoms with E-state index in [1.54, 1.807) is 19.3 Å². The molecule has 1 amide bonds. The molecule has 1 atom stereocenters. The van der Waals surface area contributed by atoms with Crippen molar-refractivity contribution in [3.63, 3.8) is 0 Å². The number of hydrogen-bond donors (Lipinski definition) is 1. The van der Waals surface area contributed by atoms with Crippen molar-refractivity contribution >= 4 is 11.9 Å². The van der Waals surface area contributed by atoms with E-state index >= 15 is 0 Å². The average molecular weight is 409 g/mol. The highest BCUT2D eigenvalue weighted by Crippen LogP contribution is 2.19. The molecule has 0 aliphatic carbocycles. The van der Waals surface area contributed by atoms with Crippen molar-refractivity contribution in [1.82, 2.24) is 20.3 Å². The second-order valence-electron chi connectivity index (χ2n) is 6.87. The lowest BCUT2D eigenvalue weighted by Crippen LogP contribution is -2.29. The van der Waals surface area contributed by atoms with Gasteiger partial charge in [0.1, 0.15) is 5.75 Å². The zero-order valence-electron chi connectivity index (χ0n) is 15.9. The van der Waals surface area contributed by atoms with Gasteiger partial charge in [0.2, 0.25) is 11.9 Å². The predicted molar refractivity (Wildman–Crippen MR) is 99.5 cm³/mol. The predicted octanol–water partition coefficient (Wildman–Crippen LogP) is 2.83. The number of aromatic nitrogens is 3. The molecule has 1 fully saturated rings. The lowest BCUT2D eigenvalue weighted by atomic mass is 10.2. The summed E-state index contributed by atoms with van der Waals surface area (Å²) < 4.78 is 41.1. The molecule has 10 heteroatoms. The van der Waals surface area contributed by atoms with E-state index < -0.39 is 18.8 Å². The van der Waals surface area contributed by atoms with Gasteiger partial charge in [-0.1, -0.05) is 0 Å². The van der Waals surface area contributed by atoms with Gasteiger partial charge >= 0.3 is 6.18 Å². The van der Waals surface area contributed by atoms with Gasteiger partial charge in [0.15, 0.2) is 6.61 Å². The first-order valence-electron chi connectivity index (χ1n) is 9.31. The van der Waals surface area contributed by atoms with E-state index in [2.05, 4.69) is 29.9 Å². The molecular weight excluding hydrogens is 387 g/mol. The lowest BCUT2D eigenvalue weighted by molar-refractivity contribution is -0.153. The Morgan fingerprint density at radius 3 is 2.45 bits per heavy atom. The molecule has 7 nitrogen and oxygen atoms in total. The van der Waals surface area contributed by atoms with Crippen LogP contribution in [0.3, 0.4) is 0 Å². The smallest absolute Gasteiger partial charge is 0.422 e. The quantitative estimate of drug-likeness (QED) is 0.758. The number of amides is 1. The van der Waals surface area contributed by atoms with Crippen LogP contribution in [0.4, 0.5) is 19.1 Å². The van der Waals surface area contributed by atoms with E-state index in [-0.39, 0.29) is 18.1 Å². The van der Waals surface area contributed by atoms with E-state index in [1.807, 2.05) is 0 Å². The van der Waals surface area contributed by atoms with Crippen LogP contribution in [-0.4, -0.2) is 46.7 Å². The summed E-state index contributed by atoms with van der Waals surface area (Å²) in [7, 11) is 0. The Morgan fingerprint density at radius 2 is 1.86 bits per heavy atom. The van der Waals surface area contributed by atoms with Gasteiger partial charge in [-0.25, -0.2) is 9.97 Å². The van der Waals surface area contributed by atoms with Crippen LogP contribution in [0, 0.1) is 0 Å². The maximum Gasteiger partial charge on any atom is 0.422 e. The van der Waals surface area contributed by atoms with Gasteiger partial charge in [0.05, 0.1) is 24.4 Å². The third-order valence-electron chi connectivity index (χ3n) is 4.43. The number of rotatable bonds is 7. The number of anilines is 1. The number of carbonyl (C=O) groups is 1. The van der Waals surface area contributed by atoms with Crippen molar-refractivity contribution in [2.45, 2.75) is 38.4 Å². The molecule has 0 saturated carbocycles. The highest BCUT2D eigenvalue weighted by Gasteiger charge is 2.28. The maximum absolute atomic E-state index is 12.3. The average Bonchev–Trinajstić information content (AvgIpc) is 3.21. The molecule has 3 heterocycles. The summed E-state index contributed by atoms with van der Waals surface area (Å²) in [4.78, 5) is 27.1. The molecule has 2 aromatic heterocycles. The minimum Gasteiger partial charge on any atom is -0.483 e. The Hall–Kier alpha value is -2.91. The molecule has 1 saturated heterocycles. The highest BCUT2D eigenvalue weighted by atomic mass is 19.4. The summed E-state index contributed by atoms with van der Waals surface area (Å²) in [5.41, 5.74) is 1.21. The molecule has 1 N–H and O–H groups in total. The summed E-state index contributed by atoms with van der Waals surface area (Å²) in [6.45, 7) is 2.26. The van der Waals surface area contributed by atoms with Crippen molar-refractivity contribution < 1.29 is 22.7 Å². The van der Waals surface area contributed by atoms with Gasteiger partial charge in [0.25, 0.3) is 0 Å². The van der Waals surface area contributed by atoms with E-state index in [1.165, 1.54) is 18.3 Å². The molecule has 1 unspecified atom stereocenters. The fourth-order valence-electron chi connectivity index (χ4n) is 2.97. The van der Waals surface area contributed by atoms with E-state index in [9.17, 15) is 18.0 Å². The highest BCUT2D eigenvalue weighted by molar-refractivity contribution is 5.78. The Morgan fingerprint density at radius 1 is 1.17 bits per heavy atom. The lowest BCUT2D eigenvalue weighted by Gasteiger charge is -2.16. The number of nitrogens with one attached hydrogen (secondary N) is 1. The Labute approximate surface area is 166 Å². The number of halogens is 3. The minimum atomic E-state index is -4.41. The number of alkyl halides is 3. The molecule has 0 spiro atoms. The first kappa shape index (κ1) is 20.8. The molecule has 0 aromatic carbocycles.